The molecule has 0 aromatic rings. The Labute approximate surface area is 204 Å². The maximum Gasteiger partial charge on any atom is 0.353 e. The molecule has 10 heteroatoms. The van der Waals surface area contributed by atoms with Crippen LogP contribution in [0.25, 0.3) is 0 Å². The third-order valence-electron chi connectivity index (χ3n) is 8.43. The number of thioether (sulfide) groups is 1. The number of carbonyl (C=O) groups is 2. The predicted molar refractivity (Wildman–Crippen MR) is 129 cm³/mol. The summed E-state index contributed by atoms with van der Waals surface area (Å²) in [5.41, 5.74) is 1.57. The number of thiocarbonyl (C=S) groups is 1. The molecule has 3 N–H and O–H groups in total. The Bertz CT molecular complexity index is 927. The molecule has 6 heterocycles. The molecule has 180 valence electrons. The fourth-order valence-corrected chi connectivity index (χ4v) is 7.93. The number of aliphatic carboxylic acids is 1. The lowest BCUT2D eigenvalue weighted by Crippen LogP contribution is -3.19. The number of aliphatic hydroxyl groups excluding tert-OH is 1. The molecular formula is C23H34N4O4S2+2. The van der Waals surface area contributed by atoms with Crippen LogP contribution in [0.3, 0.4) is 0 Å². The fraction of sp³-hybridized carbons (Fsp3) is 0.696. The van der Waals surface area contributed by atoms with Crippen LogP contribution in [-0.4, -0.2) is 112 Å². The van der Waals surface area contributed by atoms with E-state index in [1.165, 1.54) is 66.0 Å². The Hall–Kier alpha value is -1.46. The van der Waals surface area contributed by atoms with Gasteiger partial charge >= 0.3 is 5.97 Å². The van der Waals surface area contributed by atoms with Crippen molar-refractivity contribution in [2.45, 2.75) is 32.4 Å². The Balaban J connectivity index is 1.25. The second-order valence-corrected chi connectivity index (χ2v) is 12.0. The number of aliphatic hydroxyl groups is 1. The number of hydrogen-bond donors (Lipinski definition) is 3. The summed E-state index contributed by atoms with van der Waals surface area (Å²) in [4.78, 5) is 30.5. The average molecular weight is 495 g/mol. The normalized spacial score (nSPS) is 36.5. The number of fused-ring (bicyclic) bond motifs is 4. The van der Waals surface area contributed by atoms with Gasteiger partial charge in [0.2, 0.25) is 5.91 Å². The standard InChI is InChI=1S/C23H32N4O4S2/c1-14-18-17(15(2)28)21(29)26(18)19(22(30)31)20(14)33-23(32)25-5-3-16(4-6-25)13-27-10-7-24(8-11-27)9-12-27/h3,14-15,17-18,28H,4-13H2,1-2H3/p+2/t14-,15-,17-,18-/m1/s1. The lowest BCUT2D eigenvalue weighted by molar-refractivity contribution is -1.07. The molecule has 0 aromatic heterocycles. The molecule has 0 radical (unpaired) electrons. The van der Waals surface area contributed by atoms with Crippen LogP contribution < -0.4 is 4.90 Å². The maximum absolute atomic E-state index is 12.5. The van der Waals surface area contributed by atoms with Crippen molar-refractivity contribution in [3.05, 3.63) is 22.3 Å². The zero-order chi connectivity index (χ0) is 23.5. The SMILES string of the molecule is C[C@@H](O)[C@H]1C(=O)N2C(C(=O)O)=C(SC(=S)N3CC=C(C[N+]45CC[NH+](CC4)CC5)CC3)[C@H](C)[C@H]12. The lowest BCUT2D eigenvalue weighted by Gasteiger charge is -2.48. The largest absolute Gasteiger partial charge is 0.477 e. The van der Waals surface area contributed by atoms with Crippen molar-refractivity contribution in [2.24, 2.45) is 11.8 Å². The Morgan fingerprint density at radius 3 is 2.55 bits per heavy atom. The van der Waals surface area contributed by atoms with Gasteiger partial charge in [0.25, 0.3) is 0 Å². The van der Waals surface area contributed by atoms with E-state index in [2.05, 4.69) is 11.0 Å². The van der Waals surface area contributed by atoms with Crippen molar-refractivity contribution in [2.75, 3.05) is 58.9 Å². The molecule has 8 nitrogen and oxygen atoms in total. The van der Waals surface area contributed by atoms with E-state index in [0.29, 0.717) is 9.23 Å². The number of carbonyl (C=O) groups excluding carboxylic acids is 1. The Morgan fingerprint density at radius 2 is 2.00 bits per heavy atom. The molecule has 6 rings (SSSR count). The number of rotatable bonds is 5. The van der Waals surface area contributed by atoms with Crippen molar-refractivity contribution in [1.29, 1.82) is 0 Å². The van der Waals surface area contributed by atoms with E-state index in [1.54, 1.807) is 11.8 Å². The first kappa shape index (κ1) is 23.3. The second kappa shape index (κ2) is 8.64. The maximum atomic E-state index is 12.5. The number of amides is 1. The summed E-state index contributed by atoms with van der Waals surface area (Å²) >= 11 is 7.05. The van der Waals surface area contributed by atoms with E-state index >= 15 is 0 Å². The number of β-lactam (4-membered cyclic amide) rings is 1. The number of nitrogens with zero attached hydrogens (tertiary/aromatic N) is 3. The van der Waals surface area contributed by atoms with Gasteiger partial charge in [0.15, 0.2) is 0 Å². The van der Waals surface area contributed by atoms with E-state index in [-0.39, 0.29) is 23.6 Å². The first-order valence-corrected chi connectivity index (χ1v) is 13.3. The van der Waals surface area contributed by atoms with Crippen LogP contribution >= 0.6 is 24.0 Å². The number of carboxylic acids is 1. The second-order valence-electron chi connectivity index (χ2n) is 10.4. The summed E-state index contributed by atoms with van der Waals surface area (Å²) in [6.45, 7) is 14.1. The van der Waals surface area contributed by atoms with Gasteiger partial charge in [0.05, 0.1) is 18.1 Å². The molecule has 4 fully saturated rings. The molecule has 0 aliphatic carbocycles. The van der Waals surface area contributed by atoms with Crippen LogP contribution in [0.1, 0.15) is 20.3 Å². The molecular weight excluding hydrogens is 460 g/mol. The molecule has 0 aromatic carbocycles. The molecule has 6 aliphatic rings. The van der Waals surface area contributed by atoms with Gasteiger partial charge in [-0.15, -0.1) is 0 Å². The van der Waals surface area contributed by atoms with Gasteiger partial charge < -0.3 is 29.4 Å². The number of quaternary nitrogens is 2. The van der Waals surface area contributed by atoms with Gasteiger partial charge in [-0.2, -0.15) is 0 Å². The summed E-state index contributed by atoms with van der Waals surface area (Å²) in [5, 5.41) is 19.9. The van der Waals surface area contributed by atoms with Crippen molar-refractivity contribution >= 4 is 40.2 Å². The van der Waals surface area contributed by atoms with Crippen LogP contribution in [0, 0.1) is 11.8 Å². The van der Waals surface area contributed by atoms with Crippen LogP contribution in [0.15, 0.2) is 22.3 Å². The smallest absolute Gasteiger partial charge is 0.353 e. The van der Waals surface area contributed by atoms with Crippen molar-refractivity contribution in [1.82, 2.24) is 9.80 Å². The number of carboxylic acid groups (broad SMARTS) is 1. The van der Waals surface area contributed by atoms with E-state index in [9.17, 15) is 19.8 Å². The van der Waals surface area contributed by atoms with E-state index in [1.807, 2.05) is 6.92 Å². The van der Waals surface area contributed by atoms with Gasteiger partial charge in [-0.3, -0.25) is 4.79 Å². The van der Waals surface area contributed by atoms with Crippen molar-refractivity contribution < 1.29 is 29.2 Å². The molecule has 1 amide bonds. The summed E-state index contributed by atoms with van der Waals surface area (Å²) in [7, 11) is 0. The highest BCUT2D eigenvalue weighted by Gasteiger charge is 2.60. The Kier molecular flexibility index (Phi) is 6.10. The third kappa shape index (κ3) is 3.93. The van der Waals surface area contributed by atoms with Gasteiger partial charge in [-0.25, -0.2) is 4.79 Å². The van der Waals surface area contributed by atoms with Crippen molar-refractivity contribution in [3.63, 3.8) is 0 Å². The van der Waals surface area contributed by atoms with Crippen LogP contribution in [0.4, 0.5) is 0 Å². The lowest BCUT2D eigenvalue weighted by atomic mass is 9.79. The van der Waals surface area contributed by atoms with Crippen LogP contribution in [0.5, 0.6) is 0 Å². The van der Waals surface area contributed by atoms with Gasteiger partial charge in [-0.1, -0.05) is 37.0 Å². The third-order valence-corrected chi connectivity index (χ3v) is 10.2. The topological polar surface area (TPSA) is 85.5 Å². The minimum Gasteiger partial charge on any atom is -0.477 e. The highest BCUT2D eigenvalue weighted by molar-refractivity contribution is 8.25. The monoisotopic (exact) mass is 494 g/mol. The zero-order valence-corrected chi connectivity index (χ0v) is 21.0. The predicted octanol–water partition coefficient (Wildman–Crippen LogP) is -0.481. The average Bonchev–Trinajstić information content (AvgIpc) is 3.03. The highest BCUT2D eigenvalue weighted by Crippen LogP contribution is 2.51. The van der Waals surface area contributed by atoms with Crippen LogP contribution in [0.2, 0.25) is 0 Å². The zero-order valence-electron chi connectivity index (χ0n) is 19.3. The summed E-state index contributed by atoms with van der Waals surface area (Å²) in [6, 6.07) is -0.303. The number of nitrogens with one attached hydrogen (secondary N) is 1. The minimum absolute atomic E-state index is 0.0390. The van der Waals surface area contributed by atoms with Gasteiger partial charge in [0, 0.05) is 23.9 Å². The van der Waals surface area contributed by atoms with Gasteiger partial charge in [-0.05, 0) is 18.9 Å². The summed E-state index contributed by atoms with van der Waals surface area (Å²) in [5.74, 6) is -2.13. The van der Waals surface area contributed by atoms with Gasteiger partial charge in [0.1, 0.15) is 55.8 Å². The molecule has 0 unspecified atom stereocenters. The highest BCUT2D eigenvalue weighted by atomic mass is 32.2. The Morgan fingerprint density at radius 1 is 1.33 bits per heavy atom. The molecule has 0 saturated carbocycles. The van der Waals surface area contributed by atoms with E-state index in [4.69, 9.17) is 12.2 Å². The van der Waals surface area contributed by atoms with Crippen molar-refractivity contribution in [3.8, 4) is 0 Å². The van der Waals surface area contributed by atoms with Crippen LogP contribution in [-0.2, 0) is 9.59 Å². The van der Waals surface area contributed by atoms with E-state index in [0.717, 1.165) is 26.1 Å². The summed E-state index contributed by atoms with van der Waals surface area (Å²) in [6.07, 6.45) is 2.52. The molecule has 4 saturated heterocycles. The first-order chi connectivity index (χ1) is 15.7. The fourth-order valence-electron chi connectivity index (χ4n) is 6.40. The molecule has 2 bridgehead atoms. The summed E-state index contributed by atoms with van der Waals surface area (Å²) < 4.78 is 1.91. The minimum atomic E-state index is -1.11. The molecule has 4 atom stereocenters. The molecule has 6 aliphatic heterocycles. The number of piperazine rings is 3. The number of hydrogen-bond acceptors (Lipinski definition) is 5. The molecule has 0 spiro atoms. The molecule has 33 heavy (non-hydrogen) atoms. The van der Waals surface area contributed by atoms with E-state index < -0.39 is 18.0 Å². The first-order valence-electron chi connectivity index (χ1n) is 12.0. The quantitative estimate of drug-likeness (QED) is 0.206.